The van der Waals surface area contributed by atoms with Crippen LogP contribution in [0.25, 0.3) is 0 Å². The summed E-state index contributed by atoms with van der Waals surface area (Å²) in [7, 11) is 0. The predicted octanol–water partition coefficient (Wildman–Crippen LogP) is 3.51. The molecule has 1 fully saturated rings. The molecule has 1 unspecified atom stereocenters. The number of nitrogens with zero attached hydrogens (tertiary/aromatic N) is 1. The van der Waals surface area contributed by atoms with Gasteiger partial charge in [0.25, 0.3) is 5.91 Å². The van der Waals surface area contributed by atoms with E-state index >= 15 is 0 Å². The molecular formula is C18H26N2O2. The highest BCUT2D eigenvalue weighted by Gasteiger charge is 2.37. The molecule has 120 valence electrons. The highest BCUT2D eigenvalue weighted by atomic mass is 16.2. The van der Waals surface area contributed by atoms with Gasteiger partial charge in [0.15, 0.2) is 0 Å². The van der Waals surface area contributed by atoms with Crippen LogP contribution in [0, 0.1) is 0 Å². The lowest BCUT2D eigenvalue weighted by atomic mass is 10.1. The van der Waals surface area contributed by atoms with Gasteiger partial charge in [0, 0.05) is 13.0 Å². The maximum atomic E-state index is 12.3. The number of unbranched alkanes of at least 4 members (excludes halogenated alkanes) is 5. The fraction of sp³-hybridized carbons (Fsp3) is 0.556. The van der Waals surface area contributed by atoms with Crippen molar-refractivity contribution in [3.8, 4) is 0 Å². The molecule has 3 amide bonds. The maximum absolute atomic E-state index is 12.3. The van der Waals surface area contributed by atoms with Crippen molar-refractivity contribution >= 4 is 11.9 Å². The number of imide groups is 1. The Morgan fingerprint density at radius 2 is 1.68 bits per heavy atom. The quantitative estimate of drug-likeness (QED) is 0.560. The van der Waals surface area contributed by atoms with Crippen molar-refractivity contribution in [2.24, 2.45) is 0 Å². The number of amides is 3. The largest absolute Gasteiger partial charge is 0.325 e. The van der Waals surface area contributed by atoms with Crippen molar-refractivity contribution in [2.45, 2.75) is 57.9 Å². The number of benzene rings is 1. The fourth-order valence-electron chi connectivity index (χ4n) is 2.83. The molecule has 0 aromatic heterocycles. The third-order valence-electron chi connectivity index (χ3n) is 4.12. The summed E-state index contributed by atoms with van der Waals surface area (Å²) < 4.78 is 0. The molecule has 1 aromatic rings. The zero-order valence-corrected chi connectivity index (χ0v) is 13.4. The van der Waals surface area contributed by atoms with E-state index in [2.05, 4.69) is 12.2 Å². The van der Waals surface area contributed by atoms with E-state index < -0.39 is 6.04 Å². The first kappa shape index (κ1) is 16.5. The minimum absolute atomic E-state index is 0.0811. The lowest BCUT2D eigenvalue weighted by molar-refractivity contribution is -0.127. The third-order valence-corrected chi connectivity index (χ3v) is 4.12. The van der Waals surface area contributed by atoms with Crippen LogP contribution < -0.4 is 5.32 Å². The number of hydrogen-bond donors (Lipinski definition) is 1. The average molecular weight is 302 g/mol. The molecule has 2 rings (SSSR count). The number of carbonyl (C=O) groups excluding carboxylic acids is 2. The van der Waals surface area contributed by atoms with Gasteiger partial charge in [0.1, 0.15) is 6.04 Å². The predicted molar refractivity (Wildman–Crippen MR) is 87.6 cm³/mol. The van der Waals surface area contributed by atoms with Crippen molar-refractivity contribution < 1.29 is 9.59 Å². The second-order valence-corrected chi connectivity index (χ2v) is 5.95. The van der Waals surface area contributed by atoms with Gasteiger partial charge in [-0.25, -0.2) is 4.79 Å². The summed E-state index contributed by atoms with van der Waals surface area (Å²) in [6.45, 7) is 2.74. The summed E-state index contributed by atoms with van der Waals surface area (Å²) >= 11 is 0. The first-order valence-electron chi connectivity index (χ1n) is 8.38. The molecule has 0 aliphatic carbocycles. The topological polar surface area (TPSA) is 49.4 Å². The maximum Gasteiger partial charge on any atom is 0.324 e. The number of nitrogens with one attached hydrogen (secondary N) is 1. The Bertz CT molecular complexity index is 487. The van der Waals surface area contributed by atoms with Crippen LogP contribution in [0.5, 0.6) is 0 Å². The van der Waals surface area contributed by atoms with Crippen molar-refractivity contribution in [3.05, 3.63) is 35.9 Å². The standard InChI is InChI=1S/C18H26N2O2/c1-2-3-4-5-6-10-13-20-17(21)16(19-18(20)22)14-15-11-8-7-9-12-15/h7-9,11-12,16H,2-6,10,13-14H2,1H3,(H,19,22). The van der Waals surface area contributed by atoms with Gasteiger partial charge in [-0.3, -0.25) is 9.69 Å². The summed E-state index contributed by atoms with van der Waals surface area (Å²) in [5.74, 6) is -0.0811. The van der Waals surface area contributed by atoms with Crippen LogP contribution in [0.1, 0.15) is 51.0 Å². The molecule has 1 aliphatic rings. The minimum atomic E-state index is -0.407. The van der Waals surface area contributed by atoms with E-state index in [0.717, 1.165) is 18.4 Å². The summed E-state index contributed by atoms with van der Waals surface area (Å²) in [5.41, 5.74) is 1.07. The van der Waals surface area contributed by atoms with Gasteiger partial charge in [-0.1, -0.05) is 69.4 Å². The summed E-state index contributed by atoms with van der Waals surface area (Å²) in [4.78, 5) is 25.7. The van der Waals surface area contributed by atoms with Crippen LogP contribution in [0.2, 0.25) is 0 Å². The Balaban J connectivity index is 1.76. The smallest absolute Gasteiger partial charge is 0.324 e. The van der Waals surface area contributed by atoms with E-state index in [1.807, 2.05) is 30.3 Å². The lowest BCUT2D eigenvalue weighted by Crippen LogP contribution is -2.33. The molecule has 1 atom stereocenters. The van der Waals surface area contributed by atoms with Crippen molar-refractivity contribution in [1.82, 2.24) is 10.2 Å². The van der Waals surface area contributed by atoms with E-state index in [-0.39, 0.29) is 11.9 Å². The minimum Gasteiger partial charge on any atom is -0.325 e. The average Bonchev–Trinajstić information content (AvgIpc) is 2.79. The molecule has 22 heavy (non-hydrogen) atoms. The molecule has 1 saturated heterocycles. The Morgan fingerprint density at radius 1 is 1.00 bits per heavy atom. The van der Waals surface area contributed by atoms with Crippen LogP contribution in [-0.2, 0) is 11.2 Å². The van der Waals surface area contributed by atoms with Gasteiger partial charge in [-0.05, 0) is 12.0 Å². The Morgan fingerprint density at radius 3 is 2.41 bits per heavy atom. The Kier molecular flexibility index (Phi) is 6.44. The third kappa shape index (κ3) is 4.58. The molecule has 1 heterocycles. The van der Waals surface area contributed by atoms with E-state index in [1.165, 1.54) is 30.6 Å². The van der Waals surface area contributed by atoms with Crippen molar-refractivity contribution in [1.29, 1.82) is 0 Å². The van der Waals surface area contributed by atoms with Crippen LogP contribution in [0.3, 0.4) is 0 Å². The second kappa shape index (κ2) is 8.57. The monoisotopic (exact) mass is 302 g/mol. The zero-order chi connectivity index (χ0) is 15.8. The van der Waals surface area contributed by atoms with Crippen molar-refractivity contribution in [2.75, 3.05) is 6.54 Å². The number of hydrogen-bond acceptors (Lipinski definition) is 2. The van der Waals surface area contributed by atoms with Crippen LogP contribution in [0.15, 0.2) is 30.3 Å². The van der Waals surface area contributed by atoms with Gasteiger partial charge >= 0.3 is 6.03 Å². The van der Waals surface area contributed by atoms with Gasteiger partial charge in [-0.2, -0.15) is 0 Å². The molecule has 4 nitrogen and oxygen atoms in total. The highest BCUT2D eigenvalue weighted by Crippen LogP contribution is 2.14. The van der Waals surface area contributed by atoms with Crippen molar-refractivity contribution in [3.63, 3.8) is 0 Å². The lowest BCUT2D eigenvalue weighted by Gasteiger charge is -2.12. The van der Waals surface area contributed by atoms with Gasteiger partial charge < -0.3 is 5.32 Å². The molecule has 1 N–H and O–H groups in total. The van der Waals surface area contributed by atoms with Crippen LogP contribution in [0.4, 0.5) is 4.79 Å². The molecule has 1 aliphatic heterocycles. The summed E-state index contributed by atoms with van der Waals surface area (Å²) in [5, 5.41) is 2.80. The van der Waals surface area contributed by atoms with Gasteiger partial charge in [0.2, 0.25) is 0 Å². The first-order chi connectivity index (χ1) is 10.7. The van der Waals surface area contributed by atoms with Gasteiger partial charge in [0.05, 0.1) is 0 Å². The normalized spacial score (nSPS) is 17.9. The van der Waals surface area contributed by atoms with E-state index in [9.17, 15) is 9.59 Å². The molecule has 4 heteroatoms. The zero-order valence-electron chi connectivity index (χ0n) is 13.4. The molecular weight excluding hydrogens is 276 g/mol. The molecule has 0 saturated carbocycles. The van der Waals surface area contributed by atoms with Gasteiger partial charge in [-0.15, -0.1) is 0 Å². The van der Waals surface area contributed by atoms with Crippen LogP contribution >= 0.6 is 0 Å². The molecule has 0 radical (unpaired) electrons. The summed E-state index contributed by atoms with van der Waals surface area (Å²) in [6.07, 6.45) is 7.48. The van der Waals surface area contributed by atoms with E-state index in [1.54, 1.807) is 0 Å². The second-order valence-electron chi connectivity index (χ2n) is 5.95. The summed E-state index contributed by atoms with van der Waals surface area (Å²) in [6, 6.07) is 9.17. The first-order valence-corrected chi connectivity index (χ1v) is 8.38. The van der Waals surface area contributed by atoms with Crippen LogP contribution in [-0.4, -0.2) is 29.4 Å². The molecule has 1 aromatic carbocycles. The van der Waals surface area contributed by atoms with E-state index in [0.29, 0.717) is 13.0 Å². The number of rotatable bonds is 9. The molecule has 0 bridgehead atoms. The SMILES string of the molecule is CCCCCCCCN1C(=O)NC(Cc2ccccc2)C1=O. The van der Waals surface area contributed by atoms with E-state index in [4.69, 9.17) is 0 Å². The molecule has 0 spiro atoms. The highest BCUT2D eigenvalue weighted by molar-refractivity contribution is 6.04. The Labute approximate surface area is 132 Å². The number of carbonyl (C=O) groups is 2. The fourth-order valence-corrected chi connectivity index (χ4v) is 2.83. The Hall–Kier alpha value is -1.84. The number of urea groups is 1.